The minimum atomic E-state index is 0. The zero-order chi connectivity index (χ0) is 12.5. The van der Waals surface area contributed by atoms with Gasteiger partial charge in [0.15, 0.2) is 0 Å². The number of hydrogen-bond donors (Lipinski definition) is 1. The third-order valence-corrected chi connectivity index (χ3v) is 4.10. The molecule has 0 atom stereocenters. The van der Waals surface area contributed by atoms with Crippen molar-refractivity contribution in [3.8, 4) is 10.6 Å². The van der Waals surface area contributed by atoms with Crippen LogP contribution in [0.3, 0.4) is 0 Å². The lowest BCUT2D eigenvalue weighted by Gasteiger charge is -2.02. The maximum Gasteiger partial charge on any atom is 0.221 e. The lowest BCUT2D eigenvalue weighted by molar-refractivity contribution is -0.330. The summed E-state index contributed by atoms with van der Waals surface area (Å²) in [5.74, 6) is 0. The van der Waals surface area contributed by atoms with Gasteiger partial charge in [-0.1, -0.05) is 0 Å². The SMILES string of the molecule is CN=c1ccc2[nH+]c3ccc(NC)cc3sc-2c1.[I-]. The second kappa shape index (κ2) is 5.83. The standard InChI is InChI=1S/C14H13N3S.HI/c1-15-9-3-5-11-13(7-9)18-14-8-10(16-2)4-6-12(14)17-11;/h3-8,15H,1-2H3;1H. The molecule has 0 radical (unpaired) electrons. The molecule has 2 aliphatic rings. The van der Waals surface area contributed by atoms with Crippen LogP contribution in [-0.4, -0.2) is 14.1 Å². The minimum absolute atomic E-state index is 0. The summed E-state index contributed by atoms with van der Waals surface area (Å²) < 4.78 is 1.24. The van der Waals surface area contributed by atoms with E-state index in [4.69, 9.17) is 0 Å². The van der Waals surface area contributed by atoms with E-state index in [0.29, 0.717) is 0 Å². The van der Waals surface area contributed by atoms with E-state index >= 15 is 0 Å². The first-order valence-electron chi connectivity index (χ1n) is 5.81. The van der Waals surface area contributed by atoms with Crippen molar-refractivity contribution in [2.24, 2.45) is 4.99 Å². The Kier molecular flexibility index (Phi) is 4.36. The Balaban J connectivity index is 0.00000133. The molecule has 3 nitrogen and oxygen atoms in total. The van der Waals surface area contributed by atoms with Gasteiger partial charge in [-0.2, -0.15) is 0 Å². The van der Waals surface area contributed by atoms with Gasteiger partial charge in [0.2, 0.25) is 11.2 Å². The van der Waals surface area contributed by atoms with Crippen LogP contribution < -0.4 is 39.6 Å². The molecule has 0 fully saturated rings. The number of H-pyrrole nitrogens is 1. The van der Waals surface area contributed by atoms with Crippen LogP contribution in [0.2, 0.25) is 0 Å². The molecule has 98 valence electrons. The third-order valence-electron chi connectivity index (χ3n) is 2.98. The van der Waals surface area contributed by atoms with Crippen molar-refractivity contribution in [1.29, 1.82) is 0 Å². The van der Waals surface area contributed by atoms with E-state index in [-0.39, 0.29) is 24.0 Å². The highest BCUT2D eigenvalue weighted by Crippen LogP contribution is 2.28. The number of benzene rings is 2. The fourth-order valence-corrected chi connectivity index (χ4v) is 3.03. The second-order valence-electron chi connectivity index (χ2n) is 4.09. The Hall–Kier alpha value is -1.21. The lowest BCUT2D eigenvalue weighted by atomic mass is 10.2. The first kappa shape index (κ1) is 14.2. The van der Waals surface area contributed by atoms with E-state index in [2.05, 4.69) is 45.6 Å². The third kappa shape index (κ3) is 2.71. The summed E-state index contributed by atoms with van der Waals surface area (Å²) in [6, 6.07) is 12.6. The number of rotatable bonds is 1. The lowest BCUT2D eigenvalue weighted by Crippen LogP contribution is -3.00. The molecule has 0 unspecified atom stereocenters. The van der Waals surface area contributed by atoms with E-state index in [9.17, 15) is 0 Å². The van der Waals surface area contributed by atoms with Gasteiger partial charge in [-0.05, 0) is 24.3 Å². The van der Waals surface area contributed by atoms with Gasteiger partial charge in [-0.3, -0.25) is 4.99 Å². The van der Waals surface area contributed by atoms with Gasteiger partial charge in [-0.15, -0.1) is 11.3 Å². The van der Waals surface area contributed by atoms with Crippen molar-refractivity contribution in [3.63, 3.8) is 0 Å². The number of nitrogens with zero attached hydrogens (tertiary/aromatic N) is 1. The summed E-state index contributed by atoms with van der Waals surface area (Å²) in [6.07, 6.45) is 0. The van der Waals surface area contributed by atoms with Crippen LogP contribution >= 0.6 is 11.3 Å². The molecule has 0 spiro atoms. The number of halogens is 1. The molecule has 0 saturated carbocycles. The molecular formula is C14H14IN3S. The maximum absolute atomic E-state index is 4.21. The normalized spacial score (nSPS) is 11.6. The molecule has 0 amide bonds. The Bertz CT molecular complexity index is 751. The molecule has 5 heteroatoms. The molecule has 1 aliphatic heterocycles. The van der Waals surface area contributed by atoms with E-state index in [1.54, 1.807) is 11.3 Å². The molecule has 1 aromatic rings. The maximum atomic E-state index is 4.21. The van der Waals surface area contributed by atoms with Gasteiger partial charge < -0.3 is 29.3 Å². The van der Waals surface area contributed by atoms with Crippen molar-refractivity contribution in [3.05, 3.63) is 41.8 Å². The number of aromatic nitrogens is 1. The fourth-order valence-electron chi connectivity index (χ4n) is 1.97. The van der Waals surface area contributed by atoms with Gasteiger partial charge in [0.25, 0.3) is 0 Å². The number of anilines is 1. The van der Waals surface area contributed by atoms with Gasteiger partial charge in [0.1, 0.15) is 9.58 Å². The molecule has 19 heavy (non-hydrogen) atoms. The quantitative estimate of drug-likeness (QED) is 0.442. The van der Waals surface area contributed by atoms with Gasteiger partial charge in [0, 0.05) is 31.9 Å². The number of hydrogen-bond acceptors (Lipinski definition) is 3. The molecular weight excluding hydrogens is 369 g/mol. The Morgan fingerprint density at radius 3 is 2.74 bits per heavy atom. The second-order valence-corrected chi connectivity index (χ2v) is 5.18. The molecule has 3 rings (SSSR count). The number of aromatic amines is 1. The monoisotopic (exact) mass is 383 g/mol. The molecule has 0 bridgehead atoms. The van der Waals surface area contributed by atoms with Crippen molar-refractivity contribution in [2.45, 2.75) is 0 Å². The summed E-state index contributed by atoms with van der Waals surface area (Å²) in [5.41, 5.74) is 3.44. The highest BCUT2D eigenvalue weighted by Gasteiger charge is 2.12. The van der Waals surface area contributed by atoms with Crippen molar-refractivity contribution < 1.29 is 29.0 Å². The Morgan fingerprint density at radius 1 is 1.16 bits per heavy atom. The van der Waals surface area contributed by atoms with Crippen LogP contribution in [-0.2, 0) is 0 Å². The zero-order valence-corrected chi connectivity index (χ0v) is 13.7. The van der Waals surface area contributed by atoms with Crippen LogP contribution in [0.25, 0.3) is 20.8 Å². The summed E-state index contributed by atoms with van der Waals surface area (Å²) in [4.78, 5) is 8.89. The summed E-state index contributed by atoms with van der Waals surface area (Å²) >= 11 is 1.78. The molecule has 0 saturated heterocycles. The van der Waals surface area contributed by atoms with Crippen LogP contribution in [0.4, 0.5) is 5.69 Å². The summed E-state index contributed by atoms with van der Waals surface area (Å²) in [6.45, 7) is 0. The summed E-state index contributed by atoms with van der Waals surface area (Å²) in [7, 11) is 3.75. The van der Waals surface area contributed by atoms with E-state index in [0.717, 1.165) is 22.3 Å². The predicted octanol–water partition coefficient (Wildman–Crippen LogP) is -0.604. The van der Waals surface area contributed by atoms with Gasteiger partial charge in [-0.25, -0.2) is 4.98 Å². The van der Waals surface area contributed by atoms with Crippen LogP contribution in [0.5, 0.6) is 0 Å². The van der Waals surface area contributed by atoms with E-state index < -0.39 is 0 Å². The predicted molar refractivity (Wildman–Crippen MR) is 76.0 cm³/mol. The first-order chi connectivity index (χ1) is 8.80. The van der Waals surface area contributed by atoms with Gasteiger partial charge >= 0.3 is 0 Å². The smallest absolute Gasteiger partial charge is 0.221 e. The van der Waals surface area contributed by atoms with E-state index in [1.165, 1.54) is 9.58 Å². The Labute approximate surface area is 132 Å². The molecule has 1 heterocycles. The van der Waals surface area contributed by atoms with E-state index in [1.807, 2.05) is 20.2 Å². The van der Waals surface area contributed by atoms with Crippen LogP contribution in [0.1, 0.15) is 0 Å². The Morgan fingerprint density at radius 2 is 2.00 bits per heavy atom. The topological polar surface area (TPSA) is 38.5 Å². The highest BCUT2D eigenvalue weighted by atomic mass is 127. The minimum Gasteiger partial charge on any atom is -1.00 e. The fraction of sp³-hybridized carbons (Fsp3) is 0.143. The van der Waals surface area contributed by atoms with Crippen LogP contribution in [0, 0.1) is 0 Å². The largest absolute Gasteiger partial charge is 1.00 e. The van der Waals surface area contributed by atoms with Crippen molar-refractivity contribution in [2.75, 3.05) is 19.4 Å². The molecule has 2 N–H and O–H groups in total. The average Bonchev–Trinajstić information content (AvgIpc) is 2.43. The van der Waals surface area contributed by atoms with Crippen molar-refractivity contribution >= 4 is 27.2 Å². The molecule has 1 aromatic carbocycles. The van der Waals surface area contributed by atoms with Gasteiger partial charge in [0.05, 0.1) is 5.36 Å². The number of nitrogens with one attached hydrogen (secondary N) is 2. The molecule has 1 aliphatic carbocycles. The first-order valence-corrected chi connectivity index (χ1v) is 6.62. The summed E-state index contributed by atoms with van der Waals surface area (Å²) in [5, 5.41) is 4.17. The van der Waals surface area contributed by atoms with Crippen LogP contribution in [0.15, 0.2) is 41.4 Å². The van der Waals surface area contributed by atoms with Crippen molar-refractivity contribution in [1.82, 2.24) is 0 Å². The zero-order valence-electron chi connectivity index (χ0n) is 10.7. The highest BCUT2D eigenvalue weighted by molar-refractivity contribution is 7.21. The molecule has 0 aromatic heterocycles. The average molecular weight is 383 g/mol. The number of fused-ring (bicyclic) bond motifs is 2.